The molecule has 4 nitrogen and oxygen atoms in total. The molecule has 1 aromatic carbocycles. The van der Waals surface area contributed by atoms with Crippen LogP contribution in [0.25, 0.3) is 0 Å². The first-order valence-corrected chi connectivity index (χ1v) is 6.73. The summed E-state index contributed by atoms with van der Waals surface area (Å²) in [6, 6.07) is 9.46. The van der Waals surface area contributed by atoms with Crippen molar-refractivity contribution in [2.24, 2.45) is 5.41 Å². The van der Waals surface area contributed by atoms with E-state index in [2.05, 4.69) is 5.09 Å². The van der Waals surface area contributed by atoms with E-state index < -0.39 is 0 Å². The molecular weight excluding hydrogens is 249 g/mol. The van der Waals surface area contributed by atoms with Crippen LogP contribution in [0.3, 0.4) is 0 Å². The van der Waals surface area contributed by atoms with E-state index >= 15 is 0 Å². The lowest BCUT2D eigenvalue weighted by Gasteiger charge is -2.17. The van der Waals surface area contributed by atoms with E-state index in [1.807, 2.05) is 51.1 Å². The monoisotopic (exact) mass is 269 g/mol. The fraction of sp³-hybridized carbons (Fsp3) is 0.462. The van der Waals surface area contributed by atoms with Gasteiger partial charge in [-0.25, -0.2) is 0 Å². The number of nitrogens with one attached hydrogen (secondary N) is 1. The lowest BCUT2D eigenvalue weighted by atomic mass is 9.99. The minimum atomic E-state index is -0.255. The lowest BCUT2D eigenvalue weighted by molar-refractivity contribution is -0.144. The quantitative estimate of drug-likeness (QED) is 0.490. The van der Waals surface area contributed by atoms with Crippen molar-refractivity contribution in [2.75, 3.05) is 13.2 Å². The fourth-order valence-corrected chi connectivity index (χ4v) is 1.58. The van der Waals surface area contributed by atoms with Gasteiger partial charge in [0.2, 0.25) is 0 Å². The maximum atomic E-state index is 11.4. The predicted octanol–water partition coefficient (Wildman–Crippen LogP) is 2.75. The minimum absolute atomic E-state index is 0.00150. The first-order valence-electron chi connectivity index (χ1n) is 5.83. The van der Waals surface area contributed by atoms with Crippen molar-refractivity contribution >= 4 is 14.9 Å². The summed E-state index contributed by atoms with van der Waals surface area (Å²) < 4.78 is 10.5. The van der Waals surface area contributed by atoms with Crippen LogP contribution in [0, 0.1) is 5.41 Å². The number of para-hydroxylation sites is 1. The standard InChI is InChI=1S/C13H20NO3P/c1-13(2,3)10-16-12(15)9-14-18-17-11-7-5-4-6-8-11/h4-8,14,18H,9-10H2,1-3H3. The van der Waals surface area contributed by atoms with Crippen molar-refractivity contribution in [3.05, 3.63) is 30.3 Å². The maximum Gasteiger partial charge on any atom is 0.320 e. The van der Waals surface area contributed by atoms with E-state index in [4.69, 9.17) is 9.26 Å². The van der Waals surface area contributed by atoms with E-state index in [9.17, 15) is 4.79 Å². The molecule has 0 heterocycles. The second kappa shape index (κ2) is 7.34. The molecule has 0 aliphatic carbocycles. The summed E-state index contributed by atoms with van der Waals surface area (Å²) >= 11 is 0. The first kappa shape index (κ1) is 14.9. The maximum absolute atomic E-state index is 11.4. The summed E-state index contributed by atoms with van der Waals surface area (Å²) in [7, 11) is 0.0427. The number of hydrogen-bond acceptors (Lipinski definition) is 4. The van der Waals surface area contributed by atoms with Gasteiger partial charge in [-0.05, 0) is 17.5 Å². The predicted molar refractivity (Wildman–Crippen MR) is 73.8 cm³/mol. The summed E-state index contributed by atoms with van der Waals surface area (Å²) in [4.78, 5) is 11.4. The molecule has 0 spiro atoms. The molecular formula is C13H20NO3P. The third kappa shape index (κ3) is 7.25. The van der Waals surface area contributed by atoms with Crippen LogP contribution >= 0.6 is 8.96 Å². The zero-order valence-electron chi connectivity index (χ0n) is 11.0. The summed E-state index contributed by atoms with van der Waals surface area (Å²) in [5, 5.41) is 2.90. The molecule has 1 N–H and O–H groups in total. The van der Waals surface area contributed by atoms with Gasteiger partial charge in [0.1, 0.15) is 14.7 Å². The highest BCUT2D eigenvalue weighted by Crippen LogP contribution is 2.16. The van der Waals surface area contributed by atoms with Crippen molar-refractivity contribution in [3.8, 4) is 5.75 Å². The molecule has 18 heavy (non-hydrogen) atoms. The number of rotatable bonds is 6. The van der Waals surface area contributed by atoms with Gasteiger partial charge in [0.25, 0.3) is 0 Å². The Morgan fingerprint density at radius 2 is 1.94 bits per heavy atom. The number of carbonyl (C=O) groups is 1. The molecule has 0 aliphatic heterocycles. The topological polar surface area (TPSA) is 47.6 Å². The van der Waals surface area contributed by atoms with Gasteiger partial charge >= 0.3 is 5.97 Å². The smallest absolute Gasteiger partial charge is 0.320 e. The Kier molecular flexibility index (Phi) is 6.10. The summed E-state index contributed by atoms with van der Waals surface area (Å²) in [6.07, 6.45) is 0. The Morgan fingerprint density at radius 1 is 1.28 bits per heavy atom. The Hall–Kier alpha value is -1.12. The zero-order chi connectivity index (χ0) is 13.4. The van der Waals surface area contributed by atoms with Crippen molar-refractivity contribution in [2.45, 2.75) is 20.8 Å². The largest absolute Gasteiger partial charge is 0.464 e. The first-order chi connectivity index (χ1) is 8.47. The van der Waals surface area contributed by atoms with Gasteiger partial charge in [-0.15, -0.1) is 0 Å². The Morgan fingerprint density at radius 3 is 2.56 bits per heavy atom. The Balaban J connectivity index is 2.09. The normalized spacial score (nSPS) is 11.7. The highest BCUT2D eigenvalue weighted by atomic mass is 31.1. The molecule has 0 bridgehead atoms. The Bertz CT molecular complexity index is 362. The third-order valence-electron chi connectivity index (χ3n) is 1.88. The van der Waals surface area contributed by atoms with Crippen LogP contribution in [0.4, 0.5) is 0 Å². The highest BCUT2D eigenvalue weighted by Gasteiger charge is 2.13. The van der Waals surface area contributed by atoms with E-state index in [-0.39, 0.29) is 26.9 Å². The van der Waals surface area contributed by atoms with Crippen molar-refractivity contribution in [1.82, 2.24) is 5.09 Å². The number of hydrogen-bond donors (Lipinski definition) is 1. The molecule has 1 unspecified atom stereocenters. The molecule has 100 valence electrons. The van der Waals surface area contributed by atoms with E-state index in [1.54, 1.807) is 0 Å². The number of ether oxygens (including phenoxy) is 1. The zero-order valence-corrected chi connectivity index (χ0v) is 12.0. The molecule has 0 aromatic heterocycles. The van der Waals surface area contributed by atoms with Crippen LogP contribution in [0.1, 0.15) is 20.8 Å². The molecule has 0 saturated carbocycles. The van der Waals surface area contributed by atoms with Crippen molar-refractivity contribution in [3.63, 3.8) is 0 Å². The summed E-state index contributed by atoms with van der Waals surface area (Å²) in [6.45, 7) is 6.66. The van der Waals surface area contributed by atoms with Crippen LogP contribution in [0.5, 0.6) is 5.75 Å². The number of carbonyl (C=O) groups excluding carboxylic acids is 1. The SMILES string of the molecule is CC(C)(C)COC(=O)CNPOc1ccccc1. The van der Waals surface area contributed by atoms with Gasteiger partial charge < -0.3 is 9.26 Å². The average molecular weight is 269 g/mol. The molecule has 0 amide bonds. The van der Waals surface area contributed by atoms with Gasteiger partial charge in [-0.2, -0.15) is 0 Å². The second-order valence-corrected chi connectivity index (χ2v) is 5.85. The Labute approximate surface area is 110 Å². The van der Waals surface area contributed by atoms with Crippen LogP contribution in [0.2, 0.25) is 0 Å². The lowest BCUT2D eigenvalue weighted by Crippen LogP contribution is -2.24. The van der Waals surface area contributed by atoms with Gasteiger partial charge in [0, 0.05) is 0 Å². The third-order valence-corrected chi connectivity index (χ3v) is 2.54. The molecule has 0 aliphatic rings. The van der Waals surface area contributed by atoms with Gasteiger partial charge in [-0.1, -0.05) is 39.0 Å². The molecule has 0 saturated heterocycles. The number of benzene rings is 1. The fourth-order valence-electron chi connectivity index (χ4n) is 1.04. The van der Waals surface area contributed by atoms with E-state index in [0.29, 0.717) is 6.61 Å². The van der Waals surface area contributed by atoms with Crippen LogP contribution in [-0.4, -0.2) is 19.1 Å². The van der Waals surface area contributed by atoms with Crippen molar-refractivity contribution < 1.29 is 14.1 Å². The highest BCUT2D eigenvalue weighted by molar-refractivity contribution is 7.30. The molecule has 5 heteroatoms. The van der Waals surface area contributed by atoms with Gasteiger partial charge in [-0.3, -0.25) is 9.88 Å². The molecule has 1 aromatic rings. The van der Waals surface area contributed by atoms with Crippen LogP contribution in [-0.2, 0) is 9.53 Å². The van der Waals surface area contributed by atoms with Gasteiger partial charge in [0.05, 0.1) is 13.2 Å². The molecule has 1 atom stereocenters. The minimum Gasteiger partial charge on any atom is -0.464 e. The van der Waals surface area contributed by atoms with E-state index in [0.717, 1.165) is 5.75 Å². The molecule has 1 rings (SSSR count). The molecule has 0 radical (unpaired) electrons. The second-order valence-electron chi connectivity index (χ2n) is 5.09. The van der Waals surface area contributed by atoms with E-state index in [1.165, 1.54) is 0 Å². The summed E-state index contributed by atoms with van der Waals surface area (Å²) in [5.74, 6) is 0.528. The van der Waals surface area contributed by atoms with Crippen molar-refractivity contribution in [1.29, 1.82) is 0 Å². The average Bonchev–Trinajstić information content (AvgIpc) is 2.33. The van der Waals surface area contributed by atoms with Crippen LogP contribution in [0.15, 0.2) is 30.3 Å². The summed E-state index contributed by atoms with van der Waals surface area (Å²) in [5.41, 5.74) is -0.00150. The van der Waals surface area contributed by atoms with Crippen LogP contribution < -0.4 is 9.61 Å². The van der Waals surface area contributed by atoms with Gasteiger partial charge in [0.15, 0.2) is 0 Å². The number of esters is 1. The molecule has 0 fully saturated rings.